The van der Waals surface area contributed by atoms with Crippen molar-refractivity contribution in [3.05, 3.63) is 23.4 Å². The molecule has 0 radical (unpaired) electrons. The summed E-state index contributed by atoms with van der Waals surface area (Å²) >= 11 is 0. The van der Waals surface area contributed by atoms with Gasteiger partial charge in [-0.15, -0.1) is 0 Å². The molecule has 1 heterocycles. The maximum Gasteiger partial charge on any atom is 0.335 e. The zero-order valence-corrected chi connectivity index (χ0v) is 12.1. The van der Waals surface area contributed by atoms with Crippen molar-refractivity contribution in [2.24, 2.45) is 0 Å². The highest BCUT2D eigenvalue weighted by Gasteiger charge is 2.08. The van der Waals surface area contributed by atoms with Crippen LogP contribution >= 0.6 is 0 Å². The van der Waals surface area contributed by atoms with Crippen LogP contribution in [0.1, 0.15) is 42.7 Å². The Hall–Kier alpha value is -2.11. The molecule has 1 aromatic heterocycles. The number of amides is 1. The molecule has 0 bridgehead atoms. The lowest BCUT2D eigenvalue weighted by Crippen LogP contribution is -2.33. The van der Waals surface area contributed by atoms with Gasteiger partial charge in [-0.2, -0.15) is 0 Å². The normalized spacial score (nSPS) is 11.8. The van der Waals surface area contributed by atoms with Crippen LogP contribution in [0.5, 0.6) is 0 Å². The van der Waals surface area contributed by atoms with Gasteiger partial charge in [0.1, 0.15) is 5.82 Å². The maximum absolute atomic E-state index is 11.6. The van der Waals surface area contributed by atoms with Crippen molar-refractivity contribution in [1.29, 1.82) is 0 Å². The van der Waals surface area contributed by atoms with Gasteiger partial charge in [-0.25, -0.2) is 9.78 Å². The van der Waals surface area contributed by atoms with E-state index >= 15 is 0 Å². The highest BCUT2D eigenvalue weighted by Crippen LogP contribution is 2.10. The summed E-state index contributed by atoms with van der Waals surface area (Å²) in [5.41, 5.74) is 0.806. The van der Waals surface area contributed by atoms with Crippen molar-refractivity contribution in [2.75, 3.05) is 11.9 Å². The van der Waals surface area contributed by atoms with Gasteiger partial charge in [0, 0.05) is 24.7 Å². The van der Waals surface area contributed by atoms with Gasteiger partial charge < -0.3 is 15.7 Å². The lowest BCUT2D eigenvalue weighted by molar-refractivity contribution is -0.121. The van der Waals surface area contributed by atoms with E-state index in [4.69, 9.17) is 5.11 Å². The summed E-state index contributed by atoms with van der Waals surface area (Å²) in [5.74, 6) is -0.551. The first-order valence-corrected chi connectivity index (χ1v) is 6.67. The maximum atomic E-state index is 11.6. The number of carbonyl (C=O) groups is 2. The molecule has 0 fully saturated rings. The van der Waals surface area contributed by atoms with Crippen LogP contribution < -0.4 is 10.6 Å². The fourth-order valence-electron chi connectivity index (χ4n) is 1.64. The topological polar surface area (TPSA) is 91.3 Å². The quantitative estimate of drug-likeness (QED) is 0.708. The number of nitrogens with one attached hydrogen (secondary N) is 2. The minimum Gasteiger partial charge on any atom is -0.478 e. The van der Waals surface area contributed by atoms with Crippen LogP contribution in [0.25, 0.3) is 0 Å². The highest BCUT2D eigenvalue weighted by molar-refractivity contribution is 5.88. The van der Waals surface area contributed by atoms with E-state index in [1.807, 2.05) is 13.8 Å². The SMILES string of the molecule is CCC(C)NC(=O)CCNc1cc(C(=O)O)cc(C)n1. The molecular formula is C14H21N3O3. The number of carboxylic acid groups (broad SMARTS) is 1. The molecule has 0 spiro atoms. The van der Waals surface area contributed by atoms with Gasteiger partial charge in [-0.3, -0.25) is 4.79 Å². The van der Waals surface area contributed by atoms with Crippen molar-refractivity contribution in [3.63, 3.8) is 0 Å². The van der Waals surface area contributed by atoms with Crippen molar-refractivity contribution in [1.82, 2.24) is 10.3 Å². The fourth-order valence-corrected chi connectivity index (χ4v) is 1.64. The van der Waals surface area contributed by atoms with Crippen LogP contribution in [0.15, 0.2) is 12.1 Å². The Labute approximate surface area is 118 Å². The van der Waals surface area contributed by atoms with E-state index in [1.165, 1.54) is 12.1 Å². The minimum absolute atomic E-state index is 0.0297. The number of hydrogen-bond acceptors (Lipinski definition) is 4. The van der Waals surface area contributed by atoms with E-state index in [-0.39, 0.29) is 17.5 Å². The van der Waals surface area contributed by atoms with E-state index in [0.29, 0.717) is 24.5 Å². The third-order valence-corrected chi connectivity index (χ3v) is 2.88. The van der Waals surface area contributed by atoms with Gasteiger partial charge in [0.05, 0.1) is 5.56 Å². The molecule has 0 aliphatic heterocycles. The molecule has 1 aromatic rings. The Morgan fingerprint density at radius 1 is 1.40 bits per heavy atom. The number of aromatic nitrogens is 1. The molecule has 0 saturated carbocycles. The van der Waals surface area contributed by atoms with E-state index in [9.17, 15) is 9.59 Å². The molecule has 110 valence electrons. The number of anilines is 1. The standard InChI is InChI=1S/C14H21N3O3/c1-4-9(2)17-13(18)5-6-15-12-8-11(14(19)20)7-10(3)16-12/h7-9H,4-6H2,1-3H3,(H,15,16)(H,17,18)(H,19,20). The Bertz CT molecular complexity index is 489. The first-order valence-electron chi connectivity index (χ1n) is 6.67. The van der Waals surface area contributed by atoms with Gasteiger partial charge in [0.2, 0.25) is 5.91 Å². The molecular weight excluding hydrogens is 258 g/mol. The molecule has 1 atom stereocenters. The summed E-state index contributed by atoms with van der Waals surface area (Å²) in [4.78, 5) is 26.7. The molecule has 20 heavy (non-hydrogen) atoms. The third kappa shape index (κ3) is 5.26. The molecule has 1 amide bonds. The smallest absolute Gasteiger partial charge is 0.335 e. The van der Waals surface area contributed by atoms with E-state index < -0.39 is 5.97 Å². The molecule has 0 saturated heterocycles. The van der Waals surface area contributed by atoms with Crippen molar-refractivity contribution in [2.45, 2.75) is 39.7 Å². The third-order valence-electron chi connectivity index (χ3n) is 2.88. The fraction of sp³-hybridized carbons (Fsp3) is 0.500. The molecule has 0 aliphatic rings. The first kappa shape index (κ1) is 15.9. The lowest BCUT2D eigenvalue weighted by Gasteiger charge is -2.12. The molecule has 1 rings (SSSR count). The van der Waals surface area contributed by atoms with Gasteiger partial charge in [0.25, 0.3) is 0 Å². The van der Waals surface area contributed by atoms with Crippen molar-refractivity contribution >= 4 is 17.7 Å². The van der Waals surface area contributed by atoms with Crippen LogP contribution in [-0.2, 0) is 4.79 Å². The van der Waals surface area contributed by atoms with Gasteiger partial charge >= 0.3 is 5.97 Å². The van der Waals surface area contributed by atoms with Gasteiger partial charge in [-0.05, 0) is 32.4 Å². The zero-order valence-electron chi connectivity index (χ0n) is 12.1. The molecule has 1 unspecified atom stereocenters. The molecule has 6 heteroatoms. The second kappa shape index (κ2) is 7.47. The minimum atomic E-state index is -0.993. The number of carbonyl (C=O) groups excluding carboxylic acids is 1. The molecule has 0 aliphatic carbocycles. The predicted molar refractivity (Wildman–Crippen MR) is 76.9 cm³/mol. The van der Waals surface area contributed by atoms with Crippen LogP contribution in [-0.4, -0.2) is 34.6 Å². The van der Waals surface area contributed by atoms with Gasteiger partial charge in [-0.1, -0.05) is 6.92 Å². The number of nitrogens with zero attached hydrogens (tertiary/aromatic N) is 1. The van der Waals surface area contributed by atoms with E-state index in [2.05, 4.69) is 15.6 Å². The summed E-state index contributed by atoms with van der Waals surface area (Å²) in [5, 5.41) is 14.8. The number of aryl methyl sites for hydroxylation is 1. The Morgan fingerprint density at radius 3 is 2.70 bits per heavy atom. The Kier molecular flexibility index (Phi) is 5.96. The number of carboxylic acids is 1. The number of hydrogen-bond donors (Lipinski definition) is 3. The molecule has 6 nitrogen and oxygen atoms in total. The zero-order chi connectivity index (χ0) is 15.1. The van der Waals surface area contributed by atoms with Gasteiger partial charge in [0.15, 0.2) is 0 Å². The Morgan fingerprint density at radius 2 is 2.10 bits per heavy atom. The second-order valence-electron chi connectivity index (χ2n) is 4.74. The van der Waals surface area contributed by atoms with Crippen LogP contribution in [0.2, 0.25) is 0 Å². The van der Waals surface area contributed by atoms with Crippen molar-refractivity contribution in [3.8, 4) is 0 Å². The molecule has 0 aromatic carbocycles. The summed E-state index contributed by atoms with van der Waals surface area (Å²) in [6, 6.07) is 3.13. The second-order valence-corrected chi connectivity index (χ2v) is 4.74. The average Bonchev–Trinajstić information content (AvgIpc) is 2.37. The predicted octanol–water partition coefficient (Wildman–Crippen LogP) is 1.80. The van der Waals surface area contributed by atoms with E-state index in [0.717, 1.165) is 6.42 Å². The first-order chi connectivity index (χ1) is 9.42. The van der Waals surface area contributed by atoms with E-state index in [1.54, 1.807) is 6.92 Å². The summed E-state index contributed by atoms with van der Waals surface area (Å²) in [7, 11) is 0. The summed E-state index contributed by atoms with van der Waals surface area (Å²) in [6.45, 7) is 6.10. The van der Waals surface area contributed by atoms with Crippen LogP contribution in [0.4, 0.5) is 5.82 Å². The Balaban J connectivity index is 2.50. The summed E-state index contributed by atoms with van der Waals surface area (Å²) in [6.07, 6.45) is 1.21. The lowest BCUT2D eigenvalue weighted by atomic mass is 10.2. The highest BCUT2D eigenvalue weighted by atomic mass is 16.4. The van der Waals surface area contributed by atoms with Crippen LogP contribution in [0.3, 0.4) is 0 Å². The van der Waals surface area contributed by atoms with Crippen LogP contribution in [0, 0.1) is 6.92 Å². The molecule has 3 N–H and O–H groups in total. The average molecular weight is 279 g/mol. The monoisotopic (exact) mass is 279 g/mol. The number of aromatic carboxylic acids is 1. The van der Waals surface area contributed by atoms with Crippen molar-refractivity contribution < 1.29 is 14.7 Å². The number of rotatable bonds is 7. The largest absolute Gasteiger partial charge is 0.478 e. The summed E-state index contributed by atoms with van der Waals surface area (Å²) < 4.78 is 0. The number of pyridine rings is 1.